The van der Waals surface area contributed by atoms with Crippen LogP contribution in [0.15, 0.2) is 60.7 Å². The predicted molar refractivity (Wildman–Crippen MR) is 129 cm³/mol. The van der Waals surface area contributed by atoms with E-state index < -0.39 is 5.60 Å². The van der Waals surface area contributed by atoms with Crippen molar-refractivity contribution >= 4 is 29.1 Å². The Kier molecular flexibility index (Phi) is 5.75. The van der Waals surface area contributed by atoms with Crippen LogP contribution in [0.3, 0.4) is 0 Å². The number of likely N-dealkylation sites (tertiary alicyclic amines) is 1. The number of para-hydroxylation sites is 1. The molecule has 0 unspecified atom stereocenters. The monoisotopic (exact) mass is 457 g/mol. The first-order valence-electron chi connectivity index (χ1n) is 11.4. The molecule has 34 heavy (non-hydrogen) atoms. The van der Waals surface area contributed by atoms with E-state index in [1.54, 1.807) is 4.90 Å². The quantitative estimate of drug-likeness (QED) is 0.645. The number of benzene rings is 2. The topological polar surface area (TPSA) is 87.7 Å². The zero-order valence-corrected chi connectivity index (χ0v) is 19.3. The SMILES string of the molecule is Cc1cc(C)nc(Nc2cccc(C(=O)N3CC[C@]4(C3)CN(c3ccccc3)C(=O)CO4)c2)n1. The molecule has 1 N–H and O–H groups in total. The van der Waals surface area contributed by atoms with E-state index in [0.717, 1.165) is 22.8 Å². The van der Waals surface area contributed by atoms with Crippen molar-refractivity contribution < 1.29 is 14.3 Å². The molecule has 2 saturated heterocycles. The van der Waals surface area contributed by atoms with Crippen LogP contribution in [0.4, 0.5) is 17.3 Å². The van der Waals surface area contributed by atoms with Gasteiger partial charge in [0.1, 0.15) is 12.2 Å². The van der Waals surface area contributed by atoms with Crippen LogP contribution in [-0.2, 0) is 9.53 Å². The van der Waals surface area contributed by atoms with Gasteiger partial charge in [-0.05, 0) is 56.7 Å². The highest BCUT2D eigenvalue weighted by molar-refractivity contribution is 5.96. The molecular formula is C26H27N5O3. The lowest BCUT2D eigenvalue weighted by Gasteiger charge is -2.40. The fourth-order valence-electron chi connectivity index (χ4n) is 4.65. The van der Waals surface area contributed by atoms with Crippen molar-refractivity contribution in [3.63, 3.8) is 0 Å². The molecule has 3 aromatic rings. The van der Waals surface area contributed by atoms with Gasteiger partial charge in [0.15, 0.2) is 0 Å². The smallest absolute Gasteiger partial charge is 0.254 e. The zero-order valence-electron chi connectivity index (χ0n) is 19.3. The van der Waals surface area contributed by atoms with Crippen molar-refractivity contribution in [2.75, 3.05) is 36.5 Å². The van der Waals surface area contributed by atoms with Gasteiger partial charge in [0.05, 0.1) is 13.1 Å². The number of anilines is 3. The van der Waals surface area contributed by atoms with Crippen LogP contribution in [0.25, 0.3) is 0 Å². The third-order valence-corrected chi connectivity index (χ3v) is 6.27. The summed E-state index contributed by atoms with van der Waals surface area (Å²) in [5, 5.41) is 3.20. The van der Waals surface area contributed by atoms with Crippen molar-refractivity contribution in [2.24, 2.45) is 0 Å². The number of hydrogen-bond acceptors (Lipinski definition) is 6. The van der Waals surface area contributed by atoms with E-state index >= 15 is 0 Å². The Balaban J connectivity index is 1.30. The molecule has 1 aromatic heterocycles. The van der Waals surface area contributed by atoms with Crippen LogP contribution in [0.2, 0.25) is 0 Å². The summed E-state index contributed by atoms with van der Waals surface area (Å²) < 4.78 is 6.02. The second-order valence-electron chi connectivity index (χ2n) is 8.94. The van der Waals surface area contributed by atoms with Crippen molar-refractivity contribution in [3.05, 3.63) is 77.6 Å². The van der Waals surface area contributed by atoms with Crippen LogP contribution in [0, 0.1) is 13.8 Å². The third-order valence-electron chi connectivity index (χ3n) is 6.27. The van der Waals surface area contributed by atoms with Gasteiger partial charge in [0.25, 0.3) is 11.8 Å². The molecular weight excluding hydrogens is 430 g/mol. The Morgan fingerprint density at radius 1 is 1.00 bits per heavy atom. The first-order chi connectivity index (χ1) is 16.4. The Morgan fingerprint density at radius 2 is 1.76 bits per heavy atom. The molecule has 0 aliphatic carbocycles. The standard InChI is InChI=1S/C26H27N5O3/c1-18-13-19(2)28-25(27-18)29-21-8-6-7-20(14-21)24(33)30-12-11-26(16-30)17-31(23(32)15-34-26)22-9-4-3-5-10-22/h3-10,13-14H,11-12,15-17H2,1-2H3,(H,27,28,29)/t26-/m0/s1. The van der Waals surface area contributed by atoms with Gasteiger partial charge in [-0.2, -0.15) is 0 Å². The summed E-state index contributed by atoms with van der Waals surface area (Å²) in [4.78, 5) is 38.2. The number of rotatable bonds is 4. The minimum Gasteiger partial charge on any atom is -0.361 e. The molecule has 2 fully saturated rings. The van der Waals surface area contributed by atoms with Crippen LogP contribution in [0.5, 0.6) is 0 Å². The lowest BCUT2D eigenvalue weighted by atomic mass is 10.00. The van der Waals surface area contributed by atoms with Crippen LogP contribution >= 0.6 is 0 Å². The lowest BCUT2D eigenvalue weighted by molar-refractivity contribution is -0.137. The number of amides is 2. The van der Waals surface area contributed by atoms with Gasteiger partial charge in [-0.15, -0.1) is 0 Å². The first-order valence-corrected chi connectivity index (χ1v) is 11.4. The maximum atomic E-state index is 13.3. The molecule has 2 aliphatic rings. The number of nitrogens with zero attached hydrogens (tertiary/aromatic N) is 4. The number of nitrogens with one attached hydrogen (secondary N) is 1. The molecule has 1 atom stereocenters. The maximum Gasteiger partial charge on any atom is 0.254 e. The van der Waals surface area contributed by atoms with E-state index in [-0.39, 0.29) is 18.4 Å². The van der Waals surface area contributed by atoms with Gasteiger partial charge in [0, 0.05) is 34.9 Å². The van der Waals surface area contributed by atoms with Gasteiger partial charge in [0.2, 0.25) is 5.95 Å². The minimum absolute atomic E-state index is 0.0201. The minimum atomic E-state index is -0.553. The highest BCUT2D eigenvalue weighted by Gasteiger charge is 2.46. The van der Waals surface area contributed by atoms with Crippen molar-refractivity contribution in [1.82, 2.24) is 14.9 Å². The summed E-state index contributed by atoms with van der Waals surface area (Å²) >= 11 is 0. The van der Waals surface area contributed by atoms with Crippen molar-refractivity contribution in [3.8, 4) is 0 Å². The molecule has 5 rings (SSSR count). The molecule has 1 spiro atoms. The third kappa shape index (κ3) is 4.49. The number of aryl methyl sites for hydroxylation is 2. The van der Waals surface area contributed by atoms with E-state index in [0.29, 0.717) is 37.6 Å². The molecule has 2 aromatic carbocycles. The Labute approximate surface area is 198 Å². The van der Waals surface area contributed by atoms with Gasteiger partial charge in [-0.25, -0.2) is 9.97 Å². The van der Waals surface area contributed by atoms with Crippen molar-refractivity contribution in [1.29, 1.82) is 0 Å². The number of hydrogen-bond donors (Lipinski definition) is 1. The molecule has 2 amide bonds. The summed E-state index contributed by atoms with van der Waals surface area (Å²) in [6.07, 6.45) is 0.684. The molecule has 8 heteroatoms. The van der Waals surface area contributed by atoms with E-state index in [4.69, 9.17) is 4.74 Å². The summed E-state index contributed by atoms with van der Waals surface area (Å²) in [5.74, 6) is 0.381. The van der Waals surface area contributed by atoms with E-state index in [1.165, 1.54) is 0 Å². The molecule has 2 aliphatic heterocycles. The number of aromatic nitrogens is 2. The fourth-order valence-corrected chi connectivity index (χ4v) is 4.65. The normalized spacial score (nSPS) is 20.1. The number of morpholine rings is 1. The summed E-state index contributed by atoms with van der Waals surface area (Å²) in [6.45, 7) is 5.32. The Bertz CT molecular complexity index is 1210. The Hall–Kier alpha value is -3.78. The van der Waals surface area contributed by atoms with Gasteiger partial charge in [-0.1, -0.05) is 24.3 Å². The molecule has 3 heterocycles. The number of carbonyl (C=O) groups is 2. The highest BCUT2D eigenvalue weighted by atomic mass is 16.5. The van der Waals surface area contributed by atoms with Gasteiger partial charge < -0.3 is 19.9 Å². The summed E-state index contributed by atoms with van der Waals surface area (Å²) in [6, 6.07) is 18.9. The van der Waals surface area contributed by atoms with Gasteiger partial charge in [-0.3, -0.25) is 9.59 Å². The van der Waals surface area contributed by atoms with Crippen molar-refractivity contribution in [2.45, 2.75) is 25.9 Å². The molecule has 0 radical (unpaired) electrons. The number of ether oxygens (including phenoxy) is 1. The largest absolute Gasteiger partial charge is 0.361 e. The van der Waals surface area contributed by atoms with E-state index in [2.05, 4.69) is 15.3 Å². The molecule has 0 saturated carbocycles. The van der Waals surface area contributed by atoms with Crippen LogP contribution < -0.4 is 10.2 Å². The molecule has 174 valence electrons. The fraction of sp³-hybridized carbons (Fsp3) is 0.308. The summed E-state index contributed by atoms with van der Waals surface area (Å²) in [5.41, 5.74) is 3.38. The maximum absolute atomic E-state index is 13.3. The Morgan fingerprint density at radius 3 is 2.53 bits per heavy atom. The average Bonchev–Trinajstić information content (AvgIpc) is 3.24. The second-order valence-corrected chi connectivity index (χ2v) is 8.94. The molecule has 0 bridgehead atoms. The highest BCUT2D eigenvalue weighted by Crippen LogP contribution is 2.33. The second kappa shape index (κ2) is 8.87. The zero-order chi connectivity index (χ0) is 23.7. The molecule has 8 nitrogen and oxygen atoms in total. The van der Waals surface area contributed by atoms with Gasteiger partial charge >= 0.3 is 0 Å². The first kappa shape index (κ1) is 22.0. The van der Waals surface area contributed by atoms with E-state index in [1.807, 2.05) is 79.4 Å². The van der Waals surface area contributed by atoms with E-state index in [9.17, 15) is 9.59 Å². The van der Waals surface area contributed by atoms with Crippen LogP contribution in [0.1, 0.15) is 28.2 Å². The van der Waals surface area contributed by atoms with Crippen LogP contribution in [-0.4, -0.2) is 58.5 Å². The predicted octanol–water partition coefficient (Wildman–Crippen LogP) is 3.49. The number of carbonyl (C=O) groups excluding carboxylic acids is 2. The lowest BCUT2D eigenvalue weighted by Crippen LogP contribution is -2.56. The average molecular weight is 458 g/mol. The summed E-state index contributed by atoms with van der Waals surface area (Å²) in [7, 11) is 0.